The van der Waals surface area contributed by atoms with Crippen LogP contribution in [0, 0.1) is 0 Å². The molecule has 0 aliphatic carbocycles. The molecule has 0 atom stereocenters. The third kappa shape index (κ3) is 8.47. The Kier molecular flexibility index (Phi) is 11.5. The van der Waals surface area contributed by atoms with Crippen molar-refractivity contribution < 1.29 is 9.53 Å². The van der Waals surface area contributed by atoms with E-state index in [2.05, 4.69) is 41.6 Å². The summed E-state index contributed by atoms with van der Waals surface area (Å²) in [5.74, 6) is 0.759. The molecule has 0 unspecified atom stereocenters. The van der Waals surface area contributed by atoms with Crippen LogP contribution in [0.25, 0.3) is 0 Å². The number of carbonyl (C=O) groups excluding carboxylic acids is 1. The molecule has 1 aromatic carbocycles. The molecule has 8 heteroatoms. The summed E-state index contributed by atoms with van der Waals surface area (Å²) in [6.45, 7) is 14.8. The van der Waals surface area contributed by atoms with Crippen LogP contribution in [-0.4, -0.2) is 68.2 Å². The third-order valence-electron chi connectivity index (χ3n) is 4.87. The van der Waals surface area contributed by atoms with Crippen molar-refractivity contribution in [1.82, 2.24) is 20.9 Å². The van der Waals surface area contributed by atoms with Gasteiger partial charge in [0.25, 0.3) is 5.91 Å². The van der Waals surface area contributed by atoms with E-state index in [4.69, 9.17) is 9.73 Å². The average molecular weight is 517 g/mol. The zero-order valence-corrected chi connectivity index (χ0v) is 20.4. The van der Waals surface area contributed by atoms with Crippen LogP contribution in [0.4, 0.5) is 0 Å². The lowest BCUT2D eigenvalue weighted by Gasteiger charge is -2.41. The first-order chi connectivity index (χ1) is 13.5. The van der Waals surface area contributed by atoms with Crippen molar-refractivity contribution in [1.29, 1.82) is 0 Å². The maximum atomic E-state index is 11.8. The van der Waals surface area contributed by atoms with Gasteiger partial charge in [-0.25, -0.2) is 4.99 Å². The molecule has 1 amide bonds. The summed E-state index contributed by atoms with van der Waals surface area (Å²) in [6.07, 6.45) is 0. The molecule has 2 rings (SSSR count). The first-order valence-corrected chi connectivity index (χ1v) is 10.2. The van der Waals surface area contributed by atoms with Crippen molar-refractivity contribution in [2.75, 3.05) is 45.9 Å². The first kappa shape index (κ1) is 25.6. The molecule has 1 fully saturated rings. The average Bonchev–Trinajstić information content (AvgIpc) is 2.71. The van der Waals surface area contributed by atoms with Crippen molar-refractivity contribution in [3.63, 3.8) is 0 Å². The molecule has 1 aliphatic heterocycles. The van der Waals surface area contributed by atoms with E-state index >= 15 is 0 Å². The summed E-state index contributed by atoms with van der Waals surface area (Å²) in [6, 6.07) is 7.60. The van der Waals surface area contributed by atoms with Gasteiger partial charge in [-0.1, -0.05) is 12.1 Å². The van der Waals surface area contributed by atoms with Gasteiger partial charge in [0.1, 0.15) is 0 Å². The van der Waals surface area contributed by atoms with Crippen molar-refractivity contribution in [2.45, 2.75) is 39.8 Å². The van der Waals surface area contributed by atoms with Crippen LogP contribution < -0.4 is 16.0 Å². The van der Waals surface area contributed by atoms with Crippen LogP contribution in [0.5, 0.6) is 0 Å². The summed E-state index contributed by atoms with van der Waals surface area (Å²) in [7, 11) is 0. The standard InChI is InChI=1S/C21H35N5O2.HI/c1-5-22-19(27)18-9-7-17(8-10-18)15-24-20(23-6-2)25-16-21(3,4)26-11-13-28-14-12-26;/h7-10H,5-6,11-16H2,1-4H3,(H,22,27)(H2,23,24,25);1H. The van der Waals surface area contributed by atoms with Crippen molar-refractivity contribution >= 4 is 35.8 Å². The van der Waals surface area contributed by atoms with Gasteiger partial charge in [-0.05, 0) is 45.4 Å². The molecule has 0 saturated carbocycles. The number of aliphatic imine (C=N–C) groups is 1. The van der Waals surface area contributed by atoms with Gasteiger partial charge in [0.2, 0.25) is 0 Å². The highest BCUT2D eigenvalue weighted by molar-refractivity contribution is 14.0. The topological polar surface area (TPSA) is 78.0 Å². The molecule has 0 bridgehead atoms. The number of nitrogens with zero attached hydrogens (tertiary/aromatic N) is 2. The van der Waals surface area contributed by atoms with Gasteiger partial charge in [-0.3, -0.25) is 9.69 Å². The number of rotatable bonds is 8. The van der Waals surface area contributed by atoms with Crippen molar-refractivity contribution in [3.05, 3.63) is 35.4 Å². The second-order valence-electron chi connectivity index (χ2n) is 7.52. The lowest BCUT2D eigenvalue weighted by Crippen LogP contribution is -2.56. The first-order valence-electron chi connectivity index (χ1n) is 10.2. The van der Waals surface area contributed by atoms with E-state index < -0.39 is 0 Å². The molecule has 1 aromatic rings. The van der Waals surface area contributed by atoms with Crippen molar-refractivity contribution in [2.24, 2.45) is 4.99 Å². The molecule has 7 nitrogen and oxygen atoms in total. The SMILES string of the molecule is CCNC(=O)c1ccc(CN=C(NCC)NCC(C)(C)N2CCOCC2)cc1.I. The number of benzene rings is 1. The Bertz CT molecular complexity index is 643. The van der Waals surface area contributed by atoms with Crippen LogP contribution in [-0.2, 0) is 11.3 Å². The number of halogens is 1. The lowest BCUT2D eigenvalue weighted by atomic mass is 10.0. The van der Waals surface area contributed by atoms with Crippen LogP contribution in [0.1, 0.15) is 43.6 Å². The molecule has 1 saturated heterocycles. The Hall–Kier alpha value is -1.39. The molecule has 3 N–H and O–H groups in total. The molecular formula is C21H36IN5O2. The number of ether oxygens (including phenoxy) is 1. The molecule has 0 aromatic heterocycles. The highest BCUT2D eigenvalue weighted by atomic mass is 127. The molecule has 164 valence electrons. The quantitative estimate of drug-likeness (QED) is 0.280. The second kappa shape index (κ2) is 13.0. The van der Waals surface area contributed by atoms with Gasteiger partial charge < -0.3 is 20.7 Å². The van der Waals surface area contributed by atoms with E-state index in [0.29, 0.717) is 18.7 Å². The zero-order valence-electron chi connectivity index (χ0n) is 18.1. The molecule has 1 heterocycles. The molecule has 0 spiro atoms. The Labute approximate surface area is 192 Å². The fourth-order valence-electron chi connectivity index (χ4n) is 3.12. The van der Waals surface area contributed by atoms with Gasteiger partial charge in [0, 0.05) is 43.8 Å². The number of carbonyl (C=O) groups is 1. The van der Waals surface area contributed by atoms with Crippen LogP contribution >= 0.6 is 24.0 Å². The van der Waals surface area contributed by atoms with E-state index in [1.54, 1.807) is 0 Å². The van der Waals surface area contributed by atoms with E-state index in [-0.39, 0.29) is 35.4 Å². The Morgan fingerprint density at radius 2 is 1.69 bits per heavy atom. The van der Waals surface area contributed by atoms with Crippen LogP contribution in [0.15, 0.2) is 29.3 Å². The van der Waals surface area contributed by atoms with Crippen molar-refractivity contribution in [3.8, 4) is 0 Å². The predicted molar refractivity (Wildman–Crippen MR) is 129 cm³/mol. The summed E-state index contributed by atoms with van der Waals surface area (Å²) < 4.78 is 5.46. The summed E-state index contributed by atoms with van der Waals surface area (Å²) in [4.78, 5) is 19.0. The predicted octanol–water partition coefficient (Wildman–Crippen LogP) is 2.22. The molecular weight excluding hydrogens is 481 g/mol. The summed E-state index contributed by atoms with van der Waals surface area (Å²) >= 11 is 0. The van der Waals surface area contributed by atoms with Crippen LogP contribution in [0.2, 0.25) is 0 Å². The Morgan fingerprint density at radius 1 is 1.07 bits per heavy atom. The van der Waals surface area contributed by atoms with E-state index in [1.165, 1.54) is 0 Å². The lowest BCUT2D eigenvalue weighted by molar-refractivity contribution is -0.00834. The monoisotopic (exact) mass is 517 g/mol. The Balaban J connectivity index is 0.00000420. The van der Waals surface area contributed by atoms with Gasteiger partial charge in [0.05, 0.1) is 19.8 Å². The number of hydrogen-bond donors (Lipinski definition) is 3. The minimum absolute atomic E-state index is 0. The fraction of sp³-hybridized carbons (Fsp3) is 0.619. The fourth-order valence-corrected chi connectivity index (χ4v) is 3.12. The molecule has 1 aliphatic rings. The largest absolute Gasteiger partial charge is 0.379 e. The van der Waals surface area contributed by atoms with Gasteiger partial charge in [-0.2, -0.15) is 0 Å². The minimum atomic E-state index is -0.0436. The van der Waals surface area contributed by atoms with Gasteiger partial charge >= 0.3 is 0 Å². The summed E-state index contributed by atoms with van der Waals surface area (Å²) in [5, 5.41) is 9.58. The minimum Gasteiger partial charge on any atom is -0.379 e. The van der Waals surface area contributed by atoms with Crippen LogP contribution in [0.3, 0.4) is 0 Å². The number of guanidine groups is 1. The zero-order chi connectivity index (χ0) is 20.4. The van der Waals surface area contributed by atoms with E-state index in [9.17, 15) is 4.79 Å². The molecule has 29 heavy (non-hydrogen) atoms. The number of amides is 1. The van der Waals surface area contributed by atoms with E-state index in [0.717, 1.165) is 50.9 Å². The normalized spacial score (nSPS) is 15.4. The number of hydrogen-bond acceptors (Lipinski definition) is 4. The van der Waals surface area contributed by atoms with Gasteiger partial charge in [0.15, 0.2) is 5.96 Å². The maximum Gasteiger partial charge on any atom is 0.251 e. The van der Waals surface area contributed by atoms with E-state index in [1.807, 2.05) is 31.2 Å². The Morgan fingerprint density at radius 3 is 2.28 bits per heavy atom. The number of nitrogens with one attached hydrogen (secondary N) is 3. The summed E-state index contributed by atoms with van der Waals surface area (Å²) in [5.41, 5.74) is 1.76. The smallest absolute Gasteiger partial charge is 0.251 e. The highest BCUT2D eigenvalue weighted by Gasteiger charge is 2.28. The third-order valence-corrected chi connectivity index (χ3v) is 4.87. The highest BCUT2D eigenvalue weighted by Crippen LogP contribution is 2.15. The van der Waals surface area contributed by atoms with Gasteiger partial charge in [-0.15, -0.1) is 24.0 Å². The molecule has 0 radical (unpaired) electrons. The second-order valence-corrected chi connectivity index (χ2v) is 7.52. The number of morpholine rings is 1. The maximum absolute atomic E-state index is 11.8.